The lowest BCUT2D eigenvalue weighted by Gasteiger charge is -2.09. The van der Waals surface area contributed by atoms with E-state index in [-0.39, 0.29) is 11.5 Å². The van der Waals surface area contributed by atoms with Crippen molar-refractivity contribution < 1.29 is 9.53 Å². The first-order valence-corrected chi connectivity index (χ1v) is 8.33. The number of carbonyl (C=O) groups is 1. The van der Waals surface area contributed by atoms with Crippen LogP contribution in [0.4, 0.5) is 0 Å². The minimum Gasteiger partial charge on any atom is -0.496 e. The van der Waals surface area contributed by atoms with Crippen LogP contribution in [0.3, 0.4) is 0 Å². The average molecular weight is 342 g/mol. The molecule has 0 fully saturated rings. The van der Waals surface area contributed by atoms with E-state index >= 15 is 0 Å². The number of rotatable bonds is 4. The maximum atomic E-state index is 12.7. The first kappa shape index (κ1) is 16.3. The maximum absolute atomic E-state index is 12.7. The van der Waals surface area contributed by atoms with Crippen LogP contribution in [0.1, 0.15) is 20.8 Å². The van der Waals surface area contributed by atoms with Crippen molar-refractivity contribution in [2.24, 2.45) is 7.05 Å². The predicted octanol–water partition coefficient (Wildman–Crippen LogP) is 2.85. The Balaban J connectivity index is 1.93. The van der Waals surface area contributed by atoms with Crippen LogP contribution >= 0.6 is 11.3 Å². The van der Waals surface area contributed by atoms with Crippen LogP contribution in [0, 0.1) is 6.92 Å². The van der Waals surface area contributed by atoms with Crippen molar-refractivity contribution in [3.63, 3.8) is 0 Å². The summed E-state index contributed by atoms with van der Waals surface area (Å²) in [5, 5.41) is 3.38. The number of ether oxygens (including phenoxy) is 1. The molecule has 3 rings (SSSR count). The molecular weight excluding hydrogens is 324 g/mol. The van der Waals surface area contributed by atoms with Crippen LogP contribution in [0.15, 0.2) is 41.3 Å². The Bertz CT molecular complexity index is 972. The van der Waals surface area contributed by atoms with Crippen LogP contribution in [0.5, 0.6) is 5.75 Å². The summed E-state index contributed by atoms with van der Waals surface area (Å²) in [4.78, 5) is 25.9. The van der Waals surface area contributed by atoms with E-state index < -0.39 is 0 Å². The Morgan fingerprint density at radius 3 is 2.79 bits per heavy atom. The second kappa shape index (κ2) is 6.49. The third kappa shape index (κ3) is 2.80. The van der Waals surface area contributed by atoms with Crippen LogP contribution < -0.4 is 15.6 Å². The van der Waals surface area contributed by atoms with Gasteiger partial charge in [0.05, 0.1) is 18.1 Å². The van der Waals surface area contributed by atoms with Gasteiger partial charge in [-0.1, -0.05) is 18.2 Å². The van der Waals surface area contributed by atoms with Gasteiger partial charge in [0.1, 0.15) is 5.75 Å². The number of carbonyl (C=O) groups excluding carboxylic acids is 1. The largest absolute Gasteiger partial charge is 0.496 e. The fourth-order valence-corrected chi connectivity index (χ4v) is 3.75. The number of para-hydroxylation sites is 1. The monoisotopic (exact) mass is 342 g/mol. The van der Waals surface area contributed by atoms with Gasteiger partial charge in [-0.05, 0) is 19.1 Å². The van der Waals surface area contributed by atoms with Crippen molar-refractivity contribution in [3.8, 4) is 5.75 Å². The van der Waals surface area contributed by atoms with Gasteiger partial charge in [-0.2, -0.15) is 0 Å². The SMILES string of the molecule is COc1ccccc1CNC(=O)c1c(C)sc2ccn(C)c(=O)c12. The number of fused-ring (bicyclic) bond motifs is 1. The molecule has 0 spiro atoms. The quantitative estimate of drug-likeness (QED) is 0.793. The summed E-state index contributed by atoms with van der Waals surface area (Å²) < 4.78 is 7.62. The number of hydrogen-bond acceptors (Lipinski definition) is 4. The molecular formula is C18H18N2O3S. The molecule has 0 radical (unpaired) electrons. The highest BCUT2D eigenvalue weighted by atomic mass is 32.1. The van der Waals surface area contributed by atoms with Crippen LogP contribution in [-0.4, -0.2) is 17.6 Å². The van der Waals surface area contributed by atoms with Gasteiger partial charge in [0.15, 0.2) is 0 Å². The Hall–Kier alpha value is -2.60. The molecule has 0 aliphatic heterocycles. The van der Waals surface area contributed by atoms with E-state index in [0.717, 1.165) is 20.9 Å². The number of benzene rings is 1. The van der Waals surface area contributed by atoms with Gasteiger partial charge in [0, 0.05) is 34.9 Å². The molecule has 0 saturated carbocycles. The van der Waals surface area contributed by atoms with Gasteiger partial charge in [0.2, 0.25) is 0 Å². The van der Waals surface area contributed by atoms with Crippen LogP contribution in [0.2, 0.25) is 0 Å². The lowest BCUT2D eigenvalue weighted by Crippen LogP contribution is -2.25. The van der Waals surface area contributed by atoms with Gasteiger partial charge in [-0.15, -0.1) is 11.3 Å². The average Bonchev–Trinajstić information content (AvgIpc) is 2.93. The predicted molar refractivity (Wildman–Crippen MR) is 96.0 cm³/mol. The molecule has 1 amide bonds. The number of pyridine rings is 1. The first-order chi connectivity index (χ1) is 11.5. The number of aryl methyl sites for hydroxylation is 2. The molecule has 5 nitrogen and oxygen atoms in total. The second-order valence-corrected chi connectivity index (χ2v) is 6.76. The number of methoxy groups -OCH3 is 1. The minimum atomic E-state index is -0.243. The molecule has 0 atom stereocenters. The molecule has 6 heteroatoms. The molecule has 1 aromatic carbocycles. The third-order valence-electron chi connectivity index (χ3n) is 3.95. The highest BCUT2D eigenvalue weighted by Crippen LogP contribution is 2.28. The molecule has 0 aliphatic carbocycles. The van der Waals surface area contributed by atoms with Crippen molar-refractivity contribution >= 4 is 27.3 Å². The fourth-order valence-electron chi connectivity index (χ4n) is 2.71. The Morgan fingerprint density at radius 1 is 1.29 bits per heavy atom. The number of nitrogens with zero attached hydrogens (tertiary/aromatic N) is 1. The van der Waals surface area contributed by atoms with Gasteiger partial charge in [-0.3, -0.25) is 9.59 Å². The third-order valence-corrected chi connectivity index (χ3v) is 5.02. The van der Waals surface area contributed by atoms with Crippen LogP contribution in [0.25, 0.3) is 10.1 Å². The fraction of sp³-hybridized carbons (Fsp3) is 0.222. The molecule has 0 saturated heterocycles. The highest BCUT2D eigenvalue weighted by Gasteiger charge is 2.19. The van der Waals surface area contributed by atoms with E-state index in [9.17, 15) is 9.59 Å². The number of aromatic nitrogens is 1. The Kier molecular flexibility index (Phi) is 4.40. The molecule has 2 heterocycles. The molecule has 24 heavy (non-hydrogen) atoms. The summed E-state index contributed by atoms with van der Waals surface area (Å²) in [6.45, 7) is 2.20. The summed E-state index contributed by atoms with van der Waals surface area (Å²) >= 11 is 1.46. The zero-order valence-electron chi connectivity index (χ0n) is 13.8. The van der Waals surface area contributed by atoms with E-state index in [2.05, 4.69) is 5.32 Å². The van der Waals surface area contributed by atoms with Crippen molar-refractivity contribution in [1.82, 2.24) is 9.88 Å². The van der Waals surface area contributed by atoms with Crippen molar-refractivity contribution in [3.05, 3.63) is 62.9 Å². The Morgan fingerprint density at radius 2 is 2.04 bits per heavy atom. The topological polar surface area (TPSA) is 60.3 Å². The van der Waals surface area contributed by atoms with Gasteiger partial charge in [-0.25, -0.2) is 0 Å². The van der Waals surface area contributed by atoms with E-state index in [0.29, 0.717) is 17.5 Å². The van der Waals surface area contributed by atoms with E-state index in [1.807, 2.05) is 37.3 Å². The van der Waals surface area contributed by atoms with Crippen molar-refractivity contribution in [2.75, 3.05) is 7.11 Å². The number of hydrogen-bond donors (Lipinski definition) is 1. The molecule has 0 unspecified atom stereocenters. The normalized spacial score (nSPS) is 10.8. The van der Waals surface area contributed by atoms with E-state index in [4.69, 9.17) is 4.74 Å². The highest BCUT2D eigenvalue weighted by molar-refractivity contribution is 7.19. The molecule has 124 valence electrons. The summed E-state index contributed by atoms with van der Waals surface area (Å²) in [6.07, 6.45) is 1.72. The lowest BCUT2D eigenvalue weighted by molar-refractivity contribution is 0.0952. The number of thiophene rings is 1. The van der Waals surface area contributed by atoms with Gasteiger partial charge in [0.25, 0.3) is 11.5 Å². The maximum Gasteiger partial charge on any atom is 0.259 e. The molecule has 0 bridgehead atoms. The van der Waals surface area contributed by atoms with Gasteiger partial charge >= 0.3 is 0 Å². The molecule has 3 aromatic rings. The van der Waals surface area contributed by atoms with Crippen molar-refractivity contribution in [2.45, 2.75) is 13.5 Å². The molecule has 0 aliphatic rings. The van der Waals surface area contributed by atoms with Gasteiger partial charge < -0.3 is 14.6 Å². The minimum absolute atomic E-state index is 0.153. The standard InChI is InChI=1S/C18H18N2O3S/c1-11-15(16-14(24-11)8-9-20(2)18(16)22)17(21)19-10-12-6-4-5-7-13(12)23-3/h4-9H,10H2,1-3H3,(H,19,21). The lowest BCUT2D eigenvalue weighted by atomic mass is 10.1. The summed E-state index contributed by atoms with van der Waals surface area (Å²) in [5.41, 5.74) is 1.20. The molecule has 1 N–H and O–H groups in total. The Labute approximate surface area is 143 Å². The number of nitrogens with one attached hydrogen (secondary N) is 1. The zero-order chi connectivity index (χ0) is 17.3. The van der Waals surface area contributed by atoms with E-state index in [1.165, 1.54) is 15.9 Å². The number of amides is 1. The van der Waals surface area contributed by atoms with Crippen molar-refractivity contribution in [1.29, 1.82) is 0 Å². The summed E-state index contributed by atoms with van der Waals surface area (Å²) in [7, 11) is 3.28. The zero-order valence-corrected chi connectivity index (χ0v) is 14.6. The summed E-state index contributed by atoms with van der Waals surface area (Å²) in [6, 6.07) is 9.39. The van der Waals surface area contributed by atoms with E-state index in [1.54, 1.807) is 20.4 Å². The smallest absolute Gasteiger partial charge is 0.259 e. The van der Waals surface area contributed by atoms with Crippen LogP contribution in [-0.2, 0) is 13.6 Å². The molecule has 2 aromatic heterocycles. The first-order valence-electron chi connectivity index (χ1n) is 7.51. The summed E-state index contributed by atoms with van der Waals surface area (Å²) in [5.74, 6) is 0.480. The second-order valence-electron chi connectivity index (χ2n) is 5.50.